The normalized spacial score (nSPS) is 29.9. The molecule has 4 nitrogen and oxygen atoms in total. The molecule has 1 aromatic carbocycles. The lowest BCUT2D eigenvalue weighted by atomic mass is 9.92. The molecule has 0 aliphatic heterocycles. The summed E-state index contributed by atoms with van der Waals surface area (Å²) in [6.07, 6.45) is 1.58. The van der Waals surface area contributed by atoms with Crippen molar-refractivity contribution in [1.82, 2.24) is 5.32 Å². The van der Waals surface area contributed by atoms with Crippen LogP contribution in [-0.4, -0.2) is 29.7 Å². The monoisotopic (exact) mass is 274 g/mol. The molecule has 5 unspecified atom stereocenters. The number of aliphatic hydroxyl groups excluding tert-OH is 1. The Bertz CT molecular complexity index is 515. The Kier molecular flexibility index (Phi) is 3.52. The van der Waals surface area contributed by atoms with Crippen molar-refractivity contribution >= 4 is 5.91 Å². The van der Waals surface area contributed by atoms with Crippen LogP contribution < -0.4 is 11.1 Å². The number of aryl methyl sites for hydroxylation is 1. The minimum atomic E-state index is -0.600. The molecule has 5 atom stereocenters. The number of benzene rings is 1. The molecule has 0 saturated heterocycles. The van der Waals surface area contributed by atoms with Gasteiger partial charge in [0.25, 0.3) is 0 Å². The minimum Gasteiger partial charge on any atom is -0.392 e. The van der Waals surface area contributed by atoms with E-state index in [-0.39, 0.29) is 11.8 Å². The van der Waals surface area contributed by atoms with E-state index in [0.29, 0.717) is 18.4 Å². The van der Waals surface area contributed by atoms with Crippen LogP contribution in [0.15, 0.2) is 24.3 Å². The lowest BCUT2D eigenvalue weighted by Crippen LogP contribution is -2.44. The number of nitrogens with one attached hydrogen (secondary N) is 1. The summed E-state index contributed by atoms with van der Waals surface area (Å²) in [6, 6.07) is 8.05. The molecule has 1 saturated carbocycles. The number of carbonyl (C=O) groups is 1. The topological polar surface area (TPSA) is 75.3 Å². The molecule has 0 heterocycles. The van der Waals surface area contributed by atoms with Crippen molar-refractivity contribution in [2.24, 2.45) is 17.6 Å². The van der Waals surface area contributed by atoms with Gasteiger partial charge in [-0.25, -0.2) is 0 Å². The third kappa shape index (κ3) is 2.34. The van der Waals surface area contributed by atoms with Crippen LogP contribution in [0.25, 0.3) is 0 Å². The van der Waals surface area contributed by atoms with E-state index in [1.165, 1.54) is 11.1 Å². The van der Waals surface area contributed by atoms with Gasteiger partial charge in [0.05, 0.1) is 6.10 Å². The van der Waals surface area contributed by atoms with Crippen molar-refractivity contribution < 1.29 is 9.90 Å². The zero-order valence-corrected chi connectivity index (χ0v) is 11.8. The molecule has 1 fully saturated rings. The van der Waals surface area contributed by atoms with Crippen molar-refractivity contribution in [2.75, 3.05) is 6.54 Å². The summed E-state index contributed by atoms with van der Waals surface area (Å²) in [6.45, 7) is 1.98. The van der Waals surface area contributed by atoms with Crippen LogP contribution in [0, 0.1) is 11.8 Å². The van der Waals surface area contributed by atoms with Gasteiger partial charge in [0.2, 0.25) is 5.91 Å². The maximum absolute atomic E-state index is 12.3. The molecule has 4 heteroatoms. The fraction of sp³-hybridized carbons (Fsp3) is 0.562. The Labute approximate surface area is 119 Å². The Balaban J connectivity index is 1.63. The fourth-order valence-corrected chi connectivity index (χ4v) is 3.43. The highest BCUT2D eigenvalue weighted by molar-refractivity contribution is 5.84. The number of amides is 1. The van der Waals surface area contributed by atoms with Gasteiger partial charge in [-0.15, -0.1) is 0 Å². The summed E-state index contributed by atoms with van der Waals surface area (Å²) in [5.74, 6) is 1.07. The Hall–Kier alpha value is -1.39. The number of rotatable bonds is 4. The second kappa shape index (κ2) is 5.19. The first kappa shape index (κ1) is 13.6. The van der Waals surface area contributed by atoms with Gasteiger partial charge in [-0.3, -0.25) is 4.79 Å². The first-order valence-corrected chi connectivity index (χ1v) is 7.38. The lowest BCUT2D eigenvalue weighted by molar-refractivity contribution is -0.122. The van der Waals surface area contributed by atoms with Gasteiger partial charge in [0, 0.05) is 18.5 Å². The highest BCUT2D eigenvalue weighted by Gasteiger charge is 2.56. The van der Waals surface area contributed by atoms with E-state index in [0.717, 1.165) is 12.8 Å². The van der Waals surface area contributed by atoms with Gasteiger partial charge in [-0.2, -0.15) is 0 Å². The number of aliphatic hydroxyl groups is 1. The quantitative estimate of drug-likeness (QED) is 0.760. The molecule has 20 heavy (non-hydrogen) atoms. The van der Waals surface area contributed by atoms with Crippen molar-refractivity contribution in [2.45, 2.75) is 37.8 Å². The molecule has 0 aromatic heterocycles. The van der Waals surface area contributed by atoms with E-state index >= 15 is 0 Å². The molecule has 2 aliphatic carbocycles. The zero-order chi connectivity index (χ0) is 14.3. The van der Waals surface area contributed by atoms with Gasteiger partial charge in [0.15, 0.2) is 0 Å². The van der Waals surface area contributed by atoms with E-state index < -0.39 is 12.1 Å². The summed E-state index contributed by atoms with van der Waals surface area (Å²) >= 11 is 0. The summed E-state index contributed by atoms with van der Waals surface area (Å²) in [5.41, 5.74) is 8.49. The summed E-state index contributed by atoms with van der Waals surface area (Å²) < 4.78 is 0. The average molecular weight is 274 g/mol. The molecule has 2 aliphatic rings. The van der Waals surface area contributed by atoms with Gasteiger partial charge >= 0.3 is 0 Å². The number of hydrogen-bond donors (Lipinski definition) is 3. The Morgan fingerprint density at radius 3 is 3.00 bits per heavy atom. The lowest BCUT2D eigenvalue weighted by Gasteiger charge is -2.15. The maximum Gasteiger partial charge on any atom is 0.224 e. The number of hydrogen-bond acceptors (Lipinski definition) is 3. The smallest absolute Gasteiger partial charge is 0.224 e. The summed E-state index contributed by atoms with van der Waals surface area (Å²) in [7, 11) is 0. The first-order chi connectivity index (χ1) is 9.59. The van der Waals surface area contributed by atoms with E-state index in [2.05, 4.69) is 29.6 Å². The van der Waals surface area contributed by atoms with Gasteiger partial charge < -0.3 is 16.2 Å². The minimum absolute atomic E-state index is 0.0906. The summed E-state index contributed by atoms with van der Waals surface area (Å²) in [5, 5.41) is 12.2. The van der Waals surface area contributed by atoms with Crippen LogP contribution in [0.5, 0.6) is 0 Å². The van der Waals surface area contributed by atoms with Crippen molar-refractivity contribution in [1.29, 1.82) is 0 Å². The third-order valence-corrected chi connectivity index (χ3v) is 4.76. The van der Waals surface area contributed by atoms with E-state index in [1.807, 2.05) is 0 Å². The maximum atomic E-state index is 12.3. The van der Waals surface area contributed by atoms with Crippen molar-refractivity contribution in [3.63, 3.8) is 0 Å². The Morgan fingerprint density at radius 1 is 1.50 bits per heavy atom. The first-order valence-electron chi connectivity index (χ1n) is 7.38. The predicted octanol–water partition coefficient (Wildman–Crippen LogP) is 0.787. The van der Waals surface area contributed by atoms with Crippen LogP contribution >= 0.6 is 0 Å². The summed E-state index contributed by atoms with van der Waals surface area (Å²) in [4.78, 5) is 12.3. The van der Waals surface area contributed by atoms with Crippen LogP contribution in [0.4, 0.5) is 0 Å². The Morgan fingerprint density at radius 2 is 2.25 bits per heavy atom. The molecule has 0 radical (unpaired) electrons. The molecule has 1 amide bonds. The van der Waals surface area contributed by atoms with Gasteiger partial charge in [-0.05, 0) is 42.7 Å². The highest BCUT2D eigenvalue weighted by Crippen LogP contribution is 2.59. The molecule has 0 spiro atoms. The molecular weight excluding hydrogens is 252 g/mol. The third-order valence-electron chi connectivity index (χ3n) is 4.76. The fourth-order valence-electron chi connectivity index (χ4n) is 3.43. The molecule has 3 rings (SSSR count). The second-order valence-electron chi connectivity index (χ2n) is 6.10. The predicted molar refractivity (Wildman–Crippen MR) is 77.1 cm³/mol. The van der Waals surface area contributed by atoms with Crippen LogP contribution in [0.2, 0.25) is 0 Å². The SMILES string of the molecule is CC(O)C(N)CNC(=O)C1C2CCc3ccccc3C21. The van der Waals surface area contributed by atoms with Crippen LogP contribution in [0.3, 0.4) is 0 Å². The molecular formula is C16H22N2O2. The number of fused-ring (bicyclic) bond motifs is 3. The largest absolute Gasteiger partial charge is 0.392 e. The van der Waals surface area contributed by atoms with Crippen LogP contribution in [0.1, 0.15) is 30.4 Å². The van der Waals surface area contributed by atoms with Crippen molar-refractivity contribution in [3.05, 3.63) is 35.4 Å². The van der Waals surface area contributed by atoms with E-state index in [1.54, 1.807) is 6.92 Å². The molecule has 1 aromatic rings. The van der Waals surface area contributed by atoms with E-state index in [4.69, 9.17) is 5.73 Å². The second-order valence-corrected chi connectivity index (χ2v) is 6.10. The standard InChI is InChI=1S/C16H22N2O2/c1-9(19)13(17)8-18-16(20)15-12-7-6-10-4-2-3-5-11(10)14(12)15/h2-5,9,12-15,19H,6-8,17H2,1H3,(H,18,20). The number of nitrogens with two attached hydrogens (primary N) is 1. The molecule has 4 N–H and O–H groups in total. The number of carbonyl (C=O) groups excluding carboxylic acids is 1. The average Bonchev–Trinajstić information content (AvgIpc) is 3.19. The molecule has 108 valence electrons. The van der Waals surface area contributed by atoms with Gasteiger partial charge in [0.1, 0.15) is 0 Å². The van der Waals surface area contributed by atoms with E-state index in [9.17, 15) is 9.90 Å². The van der Waals surface area contributed by atoms with Crippen LogP contribution in [-0.2, 0) is 11.2 Å². The molecule has 0 bridgehead atoms. The highest BCUT2D eigenvalue weighted by atomic mass is 16.3. The van der Waals surface area contributed by atoms with Crippen molar-refractivity contribution in [3.8, 4) is 0 Å². The zero-order valence-electron chi connectivity index (χ0n) is 11.8. The van der Waals surface area contributed by atoms with Gasteiger partial charge in [-0.1, -0.05) is 24.3 Å².